The minimum Gasteiger partial charge on any atom is -0.488 e. The molecule has 1 aromatic carbocycles. The number of aromatic nitrogens is 2. The van der Waals surface area contributed by atoms with E-state index in [1.54, 1.807) is 6.20 Å². The second-order valence-corrected chi connectivity index (χ2v) is 6.10. The van der Waals surface area contributed by atoms with Crippen LogP contribution in [-0.4, -0.2) is 22.3 Å². The van der Waals surface area contributed by atoms with E-state index in [4.69, 9.17) is 22.1 Å². The first-order valence-electron chi connectivity index (χ1n) is 7.12. The molecular weight excluding hydrogens is 274 g/mol. The van der Waals surface area contributed by atoms with Crippen molar-refractivity contribution in [2.45, 2.75) is 51.7 Å². The Morgan fingerprint density at radius 3 is 2.90 bits per heavy atom. The molecule has 0 bridgehead atoms. The molecule has 1 heterocycles. The Morgan fingerprint density at radius 2 is 2.15 bits per heavy atom. The average Bonchev–Trinajstić information content (AvgIpc) is 2.91. The summed E-state index contributed by atoms with van der Waals surface area (Å²) in [6.45, 7) is 4.10. The molecule has 0 unspecified atom stereocenters. The number of nitrogens with one attached hydrogen (secondary N) is 1. The van der Waals surface area contributed by atoms with Gasteiger partial charge in [0.15, 0.2) is 0 Å². The Morgan fingerprint density at radius 1 is 1.35 bits per heavy atom. The van der Waals surface area contributed by atoms with Gasteiger partial charge in [-0.15, -0.1) is 0 Å². The van der Waals surface area contributed by atoms with Crippen LogP contribution < -0.4 is 10.5 Å². The number of benzene rings is 1. The number of fused-ring (bicyclic) bond motifs is 1. The summed E-state index contributed by atoms with van der Waals surface area (Å²) in [7, 11) is 0. The maximum absolute atomic E-state index is 6.50. The summed E-state index contributed by atoms with van der Waals surface area (Å²) >= 11 is 6.50. The Kier molecular flexibility index (Phi) is 3.61. The molecule has 1 fully saturated rings. The van der Waals surface area contributed by atoms with E-state index in [0.717, 1.165) is 53.5 Å². The molecule has 0 saturated heterocycles. The number of nitrogens with two attached hydrogens (primary N) is 1. The van der Waals surface area contributed by atoms with Crippen LogP contribution in [0.2, 0.25) is 5.02 Å². The number of H-pyrrole nitrogens is 1. The Balaban J connectivity index is 1.98. The van der Waals surface area contributed by atoms with Crippen LogP contribution in [-0.2, 0) is 0 Å². The zero-order valence-corrected chi connectivity index (χ0v) is 12.6. The van der Waals surface area contributed by atoms with Crippen LogP contribution in [0.5, 0.6) is 5.75 Å². The molecule has 4 nitrogen and oxygen atoms in total. The number of nitrogens with zero attached hydrogens (tertiary/aromatic N) is 1. The van der Waals surface area contributed by atoms with Crippen molar-refractivity contribution in [3.05, 3.63) is 22.3 Å². The lowest BCUT2D eigenvalue weighted by Crippen LogP contribution is -2.33. The summed E-state index contributed by atoms with van der Waals surface area (Å²) in [5.41, 5.74) is 9.23. The summed E-state index contributed by atoms with van der Waals surface area (Å²) < 4.78 is 6.19. The van der Waals surface area contributed by atoms with Crippen molar-refractivity contribution in [1.82, 2.24) is 10.2 Å². The number of aryl methyl sites for hydroxylation is 1. The molecule has 0 amide bonds. The molecule has 5 heteroatoms. The summed E-state index contributed by atoms with van der Waals surface area (Å²) in [4.78, 5) is 0. The molecule has 0 aliphatic heterocycles. The Labute approximate surface area is 123 Å². The van der Waals surface area contributed by atoms with Crippen LogP contribution in [0.3, 0.4) is 0 Å². The molecule has 0 radical (unpaired) electrons. The van der Waals surface area contributed by atoms with Crippen LogP contribution in [0.1, 0.15) is 36.8 Å². The van der Waals surface area contributed by atoms with Gasteiger partial charge in [-0.2, -0.15) is 5.10 Å². The fourth-order valence-corrected chi connectivity index (χ4v) is 3.31. The van der Waals surface area contributed by atoms with E-state index in [-0.39, 0.29) is 12.1 Å². The zero-order valence-electron chi connectivity index (χ0n) is 11.9. The first-order chi connectivity index (χ1) is 9.58. The molecule has 1 aromatic heterocycles. The molecular formula is C15H20ClN3O. The summed E-state index contributed by atoms with van der Waals surface area (Å²) in [5, 5.41) is 8.65. The van der Waals surface area contributed by atoms with Crippen molar-refractivity contribution < 1.29 is 4.74 Å². The fraction of sp³-hybridized carbons (Fsp3) is 0.533. The van der Waals surface area contributed by atoms with Crippen molar-refractivity contribution in [1.29, 1.82) is 0 Å². The van der Waals surface area contributed by atoms with Gasteiger partial charge in [0.2, 0.25) is 0 Å². The topological polar surface area (TPSA) is 63.9 Å². The van der Waals surface area contributed by atoms with Gasteiger partial charge >= 0.3 is 0 Å². The second kappa shape index (κ2) is 5.26. The molecule has 1 saturated carbocycles. The third-order valence-electron chi connectivity index (χ3n) is 4.30. The van der Waals surface area contributed by atoms with Gasteiger partial charge in [0, 0.05) is 11.4 Å². The standard InChI is InChI=1S/C15H20ClN3O/c1-8-9(2)15(13(16)12-7-18-19-14(8)12)20-11-5-3-4-10(17)6-11/h7,10-11H,3-6,17H2,1-2H3,(H,18,19)/t10-,11+/m1/s1. The van der Waals surface area contributed by atoms with E-state index in [0.29, 0.717) is 5.02 Å². The van der Waals surface area contributed by atoms with Gasteiger partial charge in [-0.3, -0.25) is 5.10 Å². The highest BCUT2D eigenvalue weighted by molar-refractivity contribution is 6.37. The maximum atomic E-state index is 6.50. The van der Waals surface area contributed by atoms with Crippen LogP contribution in [0.4, 0.5) is 0 Å². The van der Waals surface area contributed by atoms with Crippen molar-refractivity contribution >= 4 is 22.5 Å². The van der Waals surface area contributed by atoms with Gasteiger partial charge in [0.1, 0.15) is 11.9 Å². The quantitative estimate of drug-likeness (QED) is 0.891. The first kappa shape index (κ1) is 13.7. The molecule has 3 N–H and O–H groups in total. The van der Waals surface area contributed by atoms with Crippen LogP contribution >= 0.6 is 11.6 Å². The lowest BCUT2D eigenvalue weighted by atomic mass is 9.93. The van der Waals surface area contributed by atoms with Crippen molar-refractivity contribution in [3.63, 3.8) is 0 Å². The van der Waals surface area contributed by atoms with Crippen LogP contribution in [0, 0.1) is 13.8 Å². The lowest BCUT2D eigenvalue weighted by molar-refractivity contribution is 0.144. The van der Waals surface area contributed by atoms with E-state index < -0.39 is 0 Å². The van der Waals surface area contributed by atoms with Gasteiger partial charge in [-0.25, -0.2) is 0 Å². The molecule has 2 aromatic rings. The Bertz CT molecular complexity index is 638. The van der Waals surface area contributed by atoms with Gasteiger partial charge in [0.25, 0.3) is 0 Å². The predicted octanol–water partition coefficient (Wildman–Crippen LogP) is 3.48. The third-order valence-corrected chi connectivity index (χ3v) is 4.68. The molecule has 2 atom stereocenters. The monoisotopic (exact) mass is 293 g/mol. The minimum atomic E-state index is 0.165. The molecule has 1 aliphatic carbocycles. The summed E-state index contributed by atoms with van der Waals surface area (Å²) in [5.74, 6) is 0.789. The largest absolute Gasteiger partial charge is 0.488 e. The Hall–Kier alpha value is -1.26. The van der Waals surface area contributed by atoms with E-state index in [9.17, 15) is 0 Å². The second-order valence-electron chi connectivity index (χ2n) is 5.72. The van der Waals surface area contributed by atoms with Crippen LogP contribution in [0.15, 0.2) is 6.20 Å². The van der Waals surface area contributed by atoms with Crippen molar-refractivity contribution in [3.8, 4) is 5.75 Å². The van der Waals surface area contributed by atoms with E-state index in [2.05, 4.69) is 17.1 Å². The van der Waals surface area contributed by atoms with Crippen molar-refractivity contribution in [2.75, 3.05) is 0 Å². The number of halogens is 1. The molecule has 20 heavy (non-hydrogen) atoms. The lowest BCUT2D eigenvalue weighted by Gasteiger charge is -2.28. The van der Waals surface area contributed by atoms with Crippen LogP contribution in [0.25, 0.3) is 10.9 Å². The highest BCUT2D eigenvalue weighted by Gasteiger charge is 2.24. The fourth-order valence-electron chi connectivity index (χ4n) is 2.98. The average molecular weight is 294 g/mol. The third kappa shape index (κ3) is 2.27. The maximum Gasteiger partial charge on any atom is 0.142 e. The number of aromatic amines is 1. The number of hydrogen-bond donors (Lipinski definition) is 2. The van der Waals surface area contributed by atoms with Gasteiger partial charge < -0.3 is 10.5 Å². The molecule has 0 spiro atoms. The first-order valence-corrected chi connectivity index (χ1v) is 7.49. The molecule has 3 rings (SSSR count). The highest BCUT2D eigenvalue weighted by Crippen LogP contribution is 2.39. The van der Waals surface area contributed by atoms with E-state index in [1.165, 1.54) is 0 Å². The SMILES string of the molecule is Cc1c(O[C@H]2CCC[C@@H](N)C2)c(Cl)c2cn[nH]c2c1C. The van der Waals surface area contributed by atoms with E-state index >= 15 is 0 Å². The van der Waals surface area contributed by atoms with E-state index in [1.807, 2.05) is 6.92 Å². The molecule has 1 aliphatic rings. The predicted molar refractivity (Wildman–Crippen MR) is 81.4 cm³/mol. The number of hydrogen-bond acceptors (Lipinski definition) is 3. The van der Waals surface area contributed by atoms with Crippen molar-refractivity contribution in [2.24, 2.45) is 5.73 Å². The normalized spacial score (nSPS) is 23.2. The smallest absolute Gasteiger partial charge is 0.142 e. The number of ether oxygens (including phenoxy) is 1. The minimum absolute atomic E-state index is 0.165. The highest BCUT2D eigenvalue weighted by atomic mass is 35.5. The van der Waals surface area contributed by atoms with Gasteiger partial charge in [0.05, 0.1) is 16.7 Å². The molecule has 108 valence electrons. The van der Waals surface area contributed by atoms with Gasteiger partial charge in [-0.1, -0.05) is 11.6 Å². The number of rotatable bonds is 2. The van der Waals surface area contributed by atoms with Gasteiger partial charge in [-0.05, 0) is 50.7 Å². The summed E-state index contributed by atoms with van der Waals surface area (Å²) in [6, 6.07) is 0.242. The zero-order chi connectivity index (χ0) is 14.3. The summed E-state index contributed by atoms with van der Waals surface area (Å²) in [6.07, 6.45) is 6.08.